The number of ether oxygens (including phenoxy) is 1. The van der Waals surface area contributed by atoms with Crippen molar-refractivity contribution < 1.29 is 17.5 Å². The second-order valence-corrected chi connectivity index (χ2v) is 8.37. The Labute approximate surface area is 150 Å². The Morgan fingerprint density at radius 2 is 2.00 bits per heavy atom. The number of thiophene rings is 1. The van der Waals surface area contributed by atoms with Crippen molar-refractivity contribution in [1.82, 2.24) is 4.72 Å². The van der Waals surface area contributed by atoms with Gasteiger partial charge in [-0.1, -0.05) is 18.2 Å². The molecule has 3 rings (SSSR count). The first-order valence-electron chi connectivity index (χ1n) is 7.71. The van der Waals surface area contributed by atoms with E-state index in [0.29, 0.717) is 6.42 Å². The number of fused-ring (bicyclic) bond motifs is 1. The molecule has 2 aromatic carbocycles. The van der Waals surface area contributed by atoms with Crippen LogP contribution in [-0.4, -0.2) is 21.6 Å². The molecule has 0 aliphatic heterocycles. The third kappa shape index (κ3) is 3.84. The van der Waals surface area contributed by atoms with E-state index in [0.717, 1.165) is 17.0 Å². The summed E-state index contributed by atoms with van der Waals surface area (Å²) in [6.07, 6.45) is 0.543. The van der Waals surface area contributed by atoms with Gasteiger partial charge in [-0.25, -0.2) is 17.5 Å². The highest BCUT2D eigenvalue weighted by molar-refractivity contribution is 7.89. The Kier molecular flexibility index (Phi) is 5.08. The zero-order chi connectivity index (χ0) is 18.0. The maximum absolute atomic E-state index is 13.5. The van der Waals surface area contributed by atoms with E-state index < -0.39 is 15.8 Å². The summed E-state index contributed by atoms with van der Waals surface area (Å²) in [5.74, 6) is -0.514. The molecule has 0 amide bonds. The molecule has 0 bridgehead atoms. The molecular formula is C18H18FNO3S2. The van der Waals surface area contributed by atoms with Gasteiger partial charge in [0.25, 0.3) is 0 Å². The molecule has 25 heavy (non-hydrogen) atoms. The molecule has 1 N–H and O–H groups in total. The van der Waals surface area contributed by atoms with Crippen molar-refractivity contribution in [2.45, 2.75) is 24.3 Å². The van der Waals surface area contributed by atoms with Crippen LogP contribution in [0.2, 0.25) is 0 Å². The smallest absolute Gasteiger partial charge is 0.244 e. The highest BCUT2D eigenvalue weighted by Crippen LogP contribution is 2.28. The van der Waals surface area contributed by atoms with Crippen LogP contribution in [0.4, 0.5) is 4.39 Å². The zero-order valence-electron chi connectivity index (χ0n) is 13.8. The number of sulfonamides is 1. The van der Waals surface area contributed by atoms with Crippen LogP contribution in [0.5, 0.6) is 5.75 Å². The van der Waals surface area contributed by atoms with Gasteiger partial charge in [0, 0.05) is 10.7 Å². The number of hydrogen-bond acceptors (Lipinski definition) is 4. The fourth-order valence-electron chi connectivity index (χ4n) is 2.75. The molecule has 0 saturated heterocycles. The van der Waals surface area contributed by atoms with Gasteiger partial charge in [0.2, 0.25) is 10.0 Å². The molecule has 3 aromatic rings. The number of hydrogen-bond donors (Lipinski definition) is 1. The van der Waals surface area contributed by atoms with Gasteiger partial charge < -0.3 is 4.74 Å². The van der Waals surface area contributed by atoms with Gasteiger partial charge in [-0.05, 0) is 53.9 Å². The second-order valence-electron chi connectivity index (χ2n) is 5.78. The Bertz CT molecular complexity index is 998. The largest absolute Gasteiger partial charge is 0.495 e. The van der Waals surface area contributed by atoms with Crippen molar-refractivity contribution in [3.8, 4) is 5.75 Å². The zero-order valence-corrected chi connectivity index (χ0v) is 15.5. The van der Waals surface area contributed by atoms with Gasteiger partial charge in [0.05, 0.1) is 7.11 Å². The Balaban J connectivity index is 1.82. The van der Waals surface area contributed by atoms with Crippen molar-refractivity contribution in [2.75, 3.05) is 7.11 Å². The quantitative estimate of drug-likeness (QED) is 0.705. The Morgan fingerprint density at radius 1 is 1.24 bits per heavy atom. The summed E-state index contributed by atoms with van der Waals surface area (Å²) in [6, 6.07) is 11.1. The number of halogens is 1. The molecular weight excluding hydrogens is 361 g/mol. The van der Waals surface area contributed by atoms with Gasteiger partial charge in [0.1, 0.15) is 16.5 Å². The summed E-state index contributed by atoms with van der Waals surface area (Å²) in [5.41, 5.74) is 1.09. The molecule has 1 heterocycles. The second kappa shape index (κ2) is 7.11. The number of nitrogens with one attached hydrogen (secondary N) is 1. The molecule has 0 saturated carbocycles. The number of benzene rings is 2. The van der Waals surface area contributed by atoms with E-state index in [1.807, 2.05) is 29.6 Å². The highest BCUT2D eigenvalue weighted by Gasteiger charge is 2.23. The summed E-state index contributed by atoms with van der Waals surface area (Å²) in [4.78, 5) is -0.197. The SMILES string of the molecule is COc1ccc(F)cc1S(=O)(=O)N[C@@H](C)Cc1csc2ccccc12. The first-order valence-corrected chi connectivity index (χ1v) is 10.1. The van der Waals surface area contributed by atoms with E-state index in [9.17, 15) is 12.8 Å². The summed E-state index contributed by atoms with van der Waals surface area (Å²) >= 11 is 1.63. The maximum Gasteiger partial charge on any atom is 0.244 e. The van der Waals surface area contributed by atoms with Gasteiger partial charge in [-0.3, -0.25) is 0 Å². The van der Waals surface area contributed by atoms with Crippen molar-refractivity contribution in [2.24, 2.45) is 0 Å². The first-order chi connectivity index (χ1) is 11.9. The lowest BCUT2D eigenvalue weighted by Crippen LogP contribution is -2.34. The number of methoxy groups -OCH3 is 1. The Hall–Kier alpha value is -1.96. The van der Waals surface area contributed by atoms with E-state index >= 15 is 0 Å². The van der Waals surface area contributed by atoms with E-state index in [1.54, 1.807) is 18.3 Å². The van der Waals surface area contributed by atoms with Crippen LogP contribution >= 0.6 is 11.3 Å². The molecule has 132 valence electrons. The molecule has 0 aliphatic carbocycles. The van der Waals surface area contributed by atoms with Crippen LogP contribution in [0.25, 0.3) is 10.1 Å². The predicted octanol–water partition coefficient (Wildman–Crippen LogP) is 3.96. The maximum atomic E-state index is 13.5. The van der Waals surface area contributed by atoms with Crippen LogP contribution in [0.1, 0.15) is 12.5 Å². The number of rotatable bonds is 6. The summed E-state index contributed by atoms with van der Waals surface area (Å²) in [7, 11) is -2.54. The normalized spacial score (nSPS) is 13.1. The summed E-state index contributed by atoms with van der Waals surface area (Å²) in [5, 5.41) is 3.17. The molecule has 0 spiro atoms. The van der Waals surface area contributed by atoms with E-state index in [1.165, 1.54) is 23.9 Å². The van der Waals surface area contributed by atoms with Crippen LogP contribution in [0, 0.1) is 5.82 Å². The highest BCUT2D eigenvalue weighted by atomic mass is 32.2. The van der Waals surface area contributed by atoms with Gasteiger partial charge >= 0.3 is 0 Å². The first kappa shape index (κ1) is 17.8. The standard InChI is InChI=1S/C18H18FNO3S2/c1-12(9-13-11-24-17-6-4-3-5-15(13)17)20-25(21,22)18-10-14(19)7-8-16(18)23-2/h3-8,10-12,20H,9H2,1-2H3/t12-/m0/s1. The van der Waals surface area contributed by atoms with Crippen molar-refractivity contribution in [1.29, 1.82) is 0 Å². The lowest BCUT2D eigenvalue weighted by Gasteiger charge is -2.16. The average Bonchev–Trinajstić information content (AvgIpc) is 2.97. The van der Waals surface area contributed by atoms with Gasteiger partial charge in [-0.15, -0.1) is 11.3 Å². The van der Waals surface area contributed by atoms with Gasteiger partial charge in [-0.2, -0.15) is 0 Å². The third-order valence-electron chi connectivity index (χ3n) is 3.86. The molecule has 0 radical (unpaired) electrons. The molecule has 0 fully saturated rings. The molecule has 1 aromatic heterocycles. The van der Waals surface area contributed by atoms with Crippen molar-refractivity contribution >= 4 is 31.4 Å². The molecule has 7 heteroatoms. The van der Waals surface area contributed by atoms with Crippen molar-refractivity contribution in [3.05, 3.63) is 59.2 Å². The van der Waals surface area contributed by atoms with Crippen LogP contribution in [-0.2, 0) is 16.4 Å². The molecule has 4 nitrogen and oxygen atoms in total. The van der Waals surface area contributed by atoms with Crippen LogP contribution in [0.3, 0.4) is 0 Å². The van der Waals surface area contributed by atoms with Crippen LogP contribution in [0.15, 0.2) is 52.7 Å². The van der Waals surface area contributed by atoms with Crippen molar-refractivity contribution in [3.63, 3.8) is 0 Å². The Morgan fingerprint density at radius 3 is 2.76 bits per heavy atom. The summed E-state index contributed by atoms with van der Waals surface area (Å²) in [6.45, 7) is 1.79. The minimum Gasteiger partial charge on any atom is -0.495 e. The fourth-order valence-corrected chi connectivity index (χ4v) is 5.15. The third-order valence-corrected chi connectivity index (χ3v) is 6.48. The fraction of sp³-hybridized carbons (Fsp3) is 0.222. The topological polar surface area (TPSA) is 55.4 Å². The minimum atomic E-state index is -3.89. The minimum absolute atomic E-state index is 0.113. The van der Waals surface area contributed by atoms with E-state index in [4.69, 9.17) is 4.74 Å². The summed E-state index contributed by atoms with van der Waals surface area (Å²) < 4.78 is 47.5. The monoisotopic (exact) mass is 379 g/mol. The predicted molar refractivity (Wildman–Crippen MR) is 98.3 cm³/mol. The average molecular weight is 379 g/mol. The molecule has 0 aliphatic rings. The van der Waals surface area contributed by atoms with Crippen LogP contribution < -0.4 is 9.46 Å². The lowest BCUT2D eigenvalue weighted by atomic mass is 10.1. The lowest BCUT2D eigenvalue weighted by molar-refractivity contribution is 0.400. The molecule has 0 unspecified atom stereocenters. The van der Waals surface area contributed by atoms with Gasteiger partial charge in [0.15, 0.2) is 0 Å². The van der Waals surface area contributed by atoms with E-state index in [2.05, 4.69) is 4.72 Å². The van der Waals surface area contributed by atoms with E-state index in [-0.39, 0.29) is 16.7 Å². The molecule has 1 atom stereocenters.